The van der Waals surface area contributed by atoms with E-state index in [1.54, 1.807) is 17.0 Å². The quantitative estimate of drug-likeness (QED) is 0.854. The fraction of sp³-hybridized carbons (Fsp3) is 0.500. The van der Waals surface area contributed by atoms with E-state index in [9.17, 15) is 22.7 Å². The summed E-state index contributed by atoms with van der Waals surface area (Å²) in [4.78, 5) is 1.79. The normalized spacial score (nSPS) is 22.2. The third kappa shape index (κ3) is 3.88. The van der Waals surface area contributed by atoms with Gasteiger partial charge in [0.05, 0.1) is 12.6 Å². The first-order valence-electron chi connectivity index (χ1n) is 7.31. The third-order valence-corrected chi connectivity index (χ3v) is 3.92. The van der Waals surface area contributed by atoms with Gasteiger partial charge in [-0.05, 0) is 34.5 Å². The van der Waals surface area contributed by atoms with Crippen LogP contribution < -0.4 is 0 Å². The van der Waals surface area contributed by atoms with Gasteiger partial charge in [0.2, 0.25) is 0 Å². The zero-order chi connectivity index (χ0) is 17.3. The molecule has 1 saturated heterocycles. The van der Waals surface area contributed by atoms with Crippen LogP contribution in [0.1, 0.15) is 23.9 Å². The van der Waals surface area contributed by atoms with Crippen LogP contribution >= 0.6 is 0 Å². The first kappa shape index (κ1) is 16.8. The Morgan fingerprint density at radius 1 is 1.21 bits per heavy atom. The van der Waals surface area contributed by atoms with Gasteiger partial charge in [0.25, 0.3) is 0 Å². The molecular weight excluding hydrogens is 330 g/mol. The molecule has 1 aromatic heterocycles. The summed E-state index contributed by atoms with van der Waals surface area (Å²) in [5.41, 5.74) is 0.780. The SMILES string of the molecule is O[C@@H]1C[C@@H](c2ccc(F)cc2)N(Cc2nnnn2CC(F)(F)F)C1. The highest BCUT2D eigenvalue weighted by Crippen LogP contribution is 2.33. The van der Waals surface area contributed by atoms with Gasteiger partial charge < -0.3 is 5.11 Å². The van der Waals surface area contributed by atoms with E-state index >= 15 is 0 Å². The van der Waals surface area contributed by atoms with Crippen molar-refractivity contribution < 1.29 is 22.7 Å². The van der Waals surface area contributed by atoms with Gasteiger partial charge in [0, 0.05) is 12.6 Å². The van der Waals surface area contributed by atoms with Gasteiger partial charge in [-0.2, -0.15) is 13.2 Å². The van der Waals surface area contributed by atoms with Crippen molar-refractivity contribution in [3.63, 3.8) is 0 Å². The minimum Gasteiger partial charge on any atom is -0.392 e. The van der Waals surface area contributed by atoms with Crippen LogP contribution in [0.25, 0.3) is 0 Å². The zero-order valence-corrected chi connectivity index (χ0v) is 12.5. The number of aliphatic hydroxyl groups excluding tert-OH is 1. The molecule has 1 aliphatic heterocycles. The molecule has 130 valence electrons. The first-order chi connectivity index (χ1) is 11.3. The lowest BCUT2D eigenvalue weighted by molar-refractivity contribution is -0.143. The highest BCUT2D eigenvalue weighted by Gasteiger charge is 2.35. The second kappa shape index (κ2) is 6.44. The molecular formula is C14H15F4N5O. The van der Waals surface area contributed by atoms with E-state index in [0.29, 0.717) is 11.1 Å². The lowest BCUT2D eigenvalue weighted by Crippen LogP contribution is -2.28. The van der Waals surface area contributed by atoms with Crippen LogP contribution in [0.5, 0.6) is 0 Å². The molecule has 3 rings (SSSR count). The number of halogens is 4. The number of rotatable bonds is 4. The Kier molecular flexibility index (Phi) is 4.50. The molecule has 0 bridgehead atoms. The summed E-state index contributed by atoms with van der Waals surface area (Å²) in [5.74, 6) is -0.313. The molecule has 6 nitrogen and oxygen atoms in total. The number of β-amino-alcohol motifs (C(OH)–C–C–N with tert-alkyl or cyclic N) is 1. The van der Waals surface area contributed by atoms with Crippen molar-refractivity contribution >= 4 is 0 Å². The first-order valence-corrected chi connectivity index (χ1v) is 7.31. The predicted octanol–water partition coefficient (Wildman–Crippen LogP) is 1.68. The molecule has 10 heteroatoms. The Morgan fingerprint density at radius 2 is 1.92 bits per heavy atom. The average molecular weight is 345 g/mol. The Balaban J connectivity index is 1.78. The van der Waals surface area contributed by atoms with Crippen LogP contribution in [0.4, 0.5) is 17.6 Å². The molecule has 1 aromatic carbocycles. The lowest BCUT2D eigenvalue weighted by atomic mass is 10.0. The number of benzene rings is 1. The number of aromatic nitrogens is 4. The van der Waals surface area contributed by atoms with Gasteiger partial charge in [-0.3, -0.25) is 4.90 Å². The summed E-state index contributed by atoms with van der Waals surface area (Å²) in [6, 6.07) is 5.59. The summed E-state index contributed by atoms with van der Waals surface area (Å²) in [6.45, 7) is -0.934. The maximum absolute atomic E-state index is 13.1. The summed E-state index contributed by atoms with van der Waals surface area (Å²) in [7, 11) is 0. The summed E-state index contributed by atoms with van der Waals surface area (Å²) >= 11 is 0. The molecule has 0 unspecified atom stereocenters. The van der Waals surface area contributed by atoms with E-state index in [2.05, 4.69) is 15.5 Å². The second-order valence-electron chi connectivity index (χ2n) is 5.75. The molecule has 1 aliphatic rings. The standard InChI is InChI=1S/C14H15F4N5O/c15-10-3-1-9(2-4-10)12-5-11(24)6-22(12)7-13-19-20-21-23(13)8-14(16,17)18/h1-4,11-12,24H,5-8H2/t11-,12+/m1/s1. The lowest BCUT2D eigenvalue weighted by Gasteiger charge is -2.24. The number of likely N-dealkylation sites (tertiary alicyclic amines) is 1. The van der Waals surface area contributed by atoms with Crippen LogP contribution in [-0.2, 0) is 13.1 Å². The smallest absolute Gasteiger partial charge is 0.392 e. The van der Waals surface area contributed by atoms with E-state index in [0.717, 1.165) is 5.56 Å². The molecule has 1 N–H and O–H groups in total. The molecule has 2 atom stereocenters. The topological polar surface area (TPSA) is 67.1 Å². The maximum atomic E-state index is 13.1. The summed E-state index contributed by atoms with van der Waals surface area (Å²) in [6.07, 6.45) is -4.63. The molecule has 0 radical (unpaired) electrons. The minimum atomic E-state index is -4.43. The number of nitrogens with zero attached hydrogens (tertiary/aromatic N) is 5. The largest absolute Gasteiger partial charge is 0.408 e. The van der Waals surface area contributed by atoms with Gasteiger partial charge in [-0.15, -0.1) is 5.10 Å². The van der Waals surface area contributed by atoms with Crippen molar-refractivity contribution in [1.82, 2.24) is 25.1 Å². The predicted molar refractivity (Wildman–Crippen MR) is 74.0 cm³/mol. The van der Waals surface area contributed by atoms with Crippen LogP contribution in [-0.4, -0.2) is 49.0 Å². The van der Waals surface area contributed by atoms with Crippen LogP contribution in [0.2, 0.25) is 0 Å². The third-order valence-electron chi connectivity index (χ3n) is 3.92. The van der Waals surface area contributed by atoms with Crippen LogP contribution in [0.15, 0.2) is 24.3 Å². The van der Waals surface area contributed by atoms with Crippen molar-refractivity contribution in [2.24, 2.45) is 0 Å². The van der Waals surface area contributed by atoms with Gasteiger partial charge >= 0.3 is 6.18 Å². The Morgan fingerprint density at radius 3 is 2.58 bits per heavy atom. The average Bonchev–Trinajstić information content (AvgIpc) is 3.06. The molecule has 0 amide bonds. The number of aliphatic hydroxyl groups is 1. The Hall–Kier alpha value is -2.07. The molecule has 2 heterocycles. The highest BCUT2D eigenvalue weighted by molar-refractivity contribution is 5.21. The number of alkyl halides is 3. The van der Waals surface area contributed by atoms with E-state index in [1.807, 2.05) is 0 Å². The monoisotopic (exact) mass is 345 g/mol. The van der Waals surface area contributed by atoms with Gasteiger partial charge in [-0.25, -0.2) is 9.07 Å². The van der Waals surface area contributed by atoms with E-state index < -0.39 is 18.8 Å². The zero-order valence-electron chi connectivity index (χ0n) is 12.5. The fourth-order valence-electron chi connectivity index (χ4n) is 2.90. The van der Waals surface area contributed by atoms with E-state index in [1.165, 1.54) is 12.1 Å². The van der Waals surface area contributed by atoms with E-state index in [-0.39, 0.29) is 30.8 Å². The van der Waals surface area contributed by atoms with Gasteiger partial charge in [-0.1, -0.05) is 12.1 Å². The molecule has 24 heavy (non-hydrogen) atoms. The number of hydrogen-bond donors (Lipinski definition) is 1. The van der Waals surface area contributed by atoms with Crippen LogP contribution in [0.3, 0.4) is 0 Å². The summed E-state index contributed by atoms with van der Waals surface area (Å²) < 4.78 is 51.4. The molecule has 1 fully saturated rings. The van der Waals surface area contributed by atoms with Crippen molar-refractivity contribution in [3.05, 3.63) is 41.5 Å². The second-order valence-corrected chi connectivity index (χ2v) is 5.75. The van der Waals surface area contributed by atoms with Gasteiger partial charge in [0.1, 0.15) is 12.4 Å². The number of hydrogen-bond acceptors (Lipinski definition) is 5. The maximum Gasteiger partial charge on any atom is 0.408 e. The molecule has 0 aliphatic carbocycles. The Bertz CT molecular complexity index is 687. The van der Waals surface area contributed by atoms with Crippen LogP contribution in [0, 0.1) is 5.82 Å². The molecule has 0 spiro atoms. The Labute approximate surface area is 134 Å². The van der Waals surface area contributed by atoms with Crippen molar-refractivity contribution in [1.29, 1.82) is 0 Å². The minimum absolute atomic E-state index is 0.0577. The van der Waals surface area contributed by atoms with Crippen molar-refractivity contribution in [2.45, 2.75) is 37.8 Å². The highest BCUT2D eigenvalue weighted by atomic mass is 19.4. The fourth-order valence-corrected chi connectivity index (χ4v) is 2.90. The van der Waals surface area contributed by atoms with E-state index in [4.69, 9.17) is 0 Å². The summed E-state index contributed by atoms with van der Waals surface area (Å²) in [5, 5.41) is 20.2. The molecule has 2 aromatic rings. The van der Waals surface area contributed by atoms with Crippen molar-refractivity contribution in [3.8, 4) is 0 Å². The number of tetrazole rings is 1. The van der Waals surface area contributed by atoms with Crippen molar-refractivity contribution in [2.75, 3.05) is 6.54 Å². The molecule has 0 saturated carbocycles. The van der Waals surface area contributed by atoms with Gasteiger partial charge in [0.15, 0.2) is 5.82 Å².